The number of nitrogens with two attached hydrogens (primary N) is 1. The summed E-state index contributed by atoms with van der Waals surface area (Å²) in [6.45, 7) is 3.34. The summed E-state index contributed by atoms with van der Waals surface area (Å²) < 4.78 is 22.7. The molecule has 3 aliphatic rings. The molecule has 1 aromatic heterocycles. The number of nitrogens with zero attached hydrogens (tertiary/aromatic N) is 2. The highest BCUT2D eigenvalue weighted by atomic mass is 19.1. The molecule has 2 aliphatic heterocycles. The Balaban J connectivity index is 1.78. The second-order valence-electron chi connectivity index (χ2n) is 8.03. The van der Waals surface area contributed by atoms with Gasteiger partial charge in [-0.25, -0.2) is 9.18 Å². The standard InChI is InChI=1S/C19H20FN3O4/c1-9-7-27-17-14-10(16(24)11(18(25)26)5-23(9)14)4-12(20)15(17)22-6-13(21)19(8-22)2-3-19/h4-5,9,13H,2-3,6-8,21H2,1H3,(H,25,26)/t9-,13+/m0/s1. The van der Waals surface area contributed by atoms with Gasteiger partial charge >= 0.3 is 5.97 Å². The monoisotopic (exact) mass is 373 g/mol. The van der Waals surface area contributed by atoms with Gasteiger partial charge in [-0.05, 0) is 25.8 Å². The number of rotatable bonds is 2. The molecule has 0 unspecified atom stereocenters. The summed E-state index contributed by atoms with van der Waals surface area (Å²) in [5, 5.41) is 9.38. The van der Waals surface area contributed by atoms with Crippen LogP contribution in [0.3, 0.4) is 0 Å². The lowest BCUT2D eigenvalue weighted by Gasteiger charge is -2.31. The van der Waals surface area contributed by atoms with E-state index < -0.39 is 17.2 Å². The van der Waals surface area contributed by atoms with Crippen LogP contribution in [0.25, 0.3) is 10.9 Å². The Kier molecular flexibility index (Phi) is 3.20. The first kappa shape index (κ1) is 16.6. The van der Waals surface area contributed by atoms with Crippen LogP contribution < -0.4 is 20.8 Å². The minimum Gasteiger partial charge on any atom is -0.487 e. The van der Waals surface area contributed by atoms with Gasteiger partial charge in [0, 0.05) is 30.7 Å². The van der Waals surface area contributed by atoms with Crippen LogP contribution in [0.5, 0.6) is 5.75 Å². The second kappa shape index (κ2) is 5.22. The van der Waals surface area contributed by atoms with Gasteiger partial charge in [0.15, 0.2) is 11.6 Å². The van der Waals surface area contributed by atoms with Crippen molar-refractivity contribution in [3.05, 3.63) is 33.9 Å². The molecule has 1 saturated carbocycles. The Labute approximate surface area is 154 Å². The molecular formula is C19H20FN3O4. The molecule has 2 atom stereocenters. The van der Waals surface area contributed by atoms with E-state index >= 15 is 4.39 Å². The topological polar surface area (TPSA) is 97.8 Å². The number of hydrogen-bond donors (Lipinski definition) is 2. The lowest BCUT2D eigenvalue weighted by molar-refractivity contribution is 0.0694. The number of carboxylic acids is 1. The van der Waals surface area contributed by atoms with Gasteiger partial charge in [-0.2, -0.15) is 0 Å². The molecule has 2 fully saturated rings. The van der Waals surface area contributed by atoms with E-state index in [0.717, 1.165) is 18.9 Å². The molecule has 7 nitrogen and oxygen atoms in total. The zero-order valence-electron chi connectivity index (χ0n) is 14.9. The molecule has 1 spiro atoms. The van der Waals surface area contributed by atoms with Gasteiger partial charge < -0.3 is 25.0 Å². The molecule has 5 rings (SSSR count). The number of anilines is 1. The van der Waals surface area contributed by atoms with Gasteiger partial charge in [0.2, 0.25) is 5.43 Å². The van der Waals surface area contributed by atoms with Crippen LogP contribution in [0.1, 0.15) is 36.2 Å². The summed E-state index contributed by atoms with van der Waals surface area (Å²) in [5.74, 6) is -1.60. The van der Waals surface area contributed by atoms with E-state index in [0.29, 0.717) is 30.0 Å². The number of benzene rings is 1. The minimum absolute atomic E-state index is 0.0149. The van der Waals surface area contributed by atoms with Crippen molar-refractivity contribution in [3.63, 3.8) is 0 Å². The van der Waals surface area contributed by atoms with Crippen LogP contribution in [-0.4, -0.2) is 41.4 Å². The first-order chi connectivity index (χ1) is 12.8. The molecule has 27 heavy (non-hydrogen) atoms. The van der Waals surface area contributed by atoms with Crippen molar-refractivity contribution in [2.24, 2.45) is 11.1 Å². The number of carbonyl (C=O) groups is 1. The number of aromatic carboxylic acids is 1. The summed E-state index contributed by atoms with van der Waals surface area (Å²) >= 11 is 0. The van der Waals surface area contributed by atoms with Crippen molar-refractivity contribution >= 4 is 22.6 Å². The highest BCUT2D eigenvalue weighted by Crippen LogP contribution is 2.54. The van der Waals surface area contributed by atoms with E-state index in [1.165, 1.54) is 6.20 Å². The number of aromatic nitrogens is 1. The van der Waals surface area contributed by atoms with E-state index in [-0.39, 0.29) is 35.1 Å². The Hall–Kier alpha value is -2.61. The van der Waals surface area contributed by atoms with Crippen LogP contribution in [0, 0.1) is 11.2 Å². The van der Waals surface area contributed by atoms with E-state index in [9.17, 15) is 14.7 Å². The maximum absolute atomic E-state index is 15.1. The van der Waals surface area contributed by atoms with Gasteiger partial charge in [0.25, 0.3) is 0 Å². The maximum atomic E-state index is 15.1. The van der Waals surface area contributed by atoms with Crippen molar-refractivity contribution in [2.45, 2.75) is 31.8 Å². The third kappa shape index (κ3) is 2.16. The fraction of sp³-hybridized carbons (Fsp3) is 0.474. The normalized spacial score (nSPS) is 25.1. The largest absolute Gasteiger partial charge is 0.487 e. The van der Waals surface area contributed by atoms with Gasteiger partial charge in [0.1, 0.15) is 17.9 Å². The summed E-state index contributed by atoms with van der Waals surface area (Å²) in [6.07, 6.45) is 3.42. The third-order valence-electron chi connectivity index (χ3n) is 6.29. The van der Waals surface area contributed by atoms with Gasteiger partial charge in [-0.1, -0.05) is 0 Å². The average Bonchev–Trinajstić information content (AvgIpc) is 3.32. The highest BCUT2D eigenvalue weighted by molar-refractivity contribution is 5.97. The number of pyridine rings is 1. The number of halogens is 1. The van der Waals surface area contributed by atoms with E-state index in [2.05, 4.69) is 0 Å². The van der Waals surface area contributed by atoms with Gasteiger partial charge in [0.05, 0.1) is 16.9 Å². The van der Waals surface area contributed by atoms with Crippen molar-refractivity contribution in [1.29, 1.82) is 0 Å². The minimum atomic E-state index is -1.32. The molecule has 8 heteroatoms. The van der Waals surface area contributed by atoms with Crippen LogP contribution in [0.4, 0.5) is 10.1 Å². The molecule has 3 N–H and O–H groups in total. The van der Waals surface area contributed by atoms with Crippen LogP contribution in [-0.2, 0) is 0 Å². The molecular weight excluding hydrogens is 353 g/mol. The molecule has 0 bridgehead atoms. The summed E-state index contributed by atoms with van der Waals surface area (Å²) in [5.41, 5.74) is 6.04. The summed E-state index contributed by atoms with van der Waals surface area (Å²) in [4.78, 5) is 26.0. The van der Waals surface area contributed by atoms with E-state index in [4.69, 9.17) is 10.5 Å². The van der Waals surface area contributed by atoms with Crippen LogP contribution in [0.2, 0.25) is 0 Å². The maximum Gasteiger partial charge on any atom is 0.341 e. The first-order valence-corrected chi connectivity index (χ1v) is 9.10. The Morgan fingerprint density at radius 2 is 2.19 bits per heavy atom. The van der Waals surface area contributed by atoms with E-state index in [1.807, 2.05) is 11.8 Å². The van der Waals surface area contributed by atoms with Crippen molar-refractivity contribution in [2.75, 3.05) is 24.6 Å². The van der Waals surface area contributed by atoms with Crippen LogP contribution >= 0.6 is 0 Å². The fourth-order valence-electron chi connectivity index (χ4n) is 4.51. The average molecular weight is 373 g/mol. The van der Waals surface area contributed by atoms with Crippen LogP contribution in [0.15, 0.2) is 17.1 Å². The third-order valence-corrected chi connectivity index (χ3v) is 6.29. The lowest BCUT2D eigenvalue weighted by atomic mass is 10.0. The Bertz CT molecular complexity index is 1060. The fourth-order valence-corrected chi connectivity index (χ4v) is 4.51. The highest BCUT2D eigenvalue weighted by Gasteiger charge is 2.54. The second-order valence-corrected chi connectivity index (χ2v) is 8.03. The smallest absolute Gasteiger partial charge is 0.341 e. The molecule has 1 aromatic carbocycles. The zero-order valence-corrected chi connectivity index (χ0v) is 14.9. The van der Waals surface area contributed by atoms with Gasteiger partial charge in [-0.15, -0.1) is 0 Å². The zero-order chi connectivity index (χ0) is 19.1. The molecule has 1 aliphatic carbocycles. The summed E-state index contributed by atoms with van der Waals surface area (Å²) in [7, 11) is 0. The van der Waals surface area contributed by atoms with E-state index in [1.54, 1.807) is 4.57 Å². The molecule has 3 heterocycles. The molecule has 1 saturated heterocycles. The van der Waals surface area contributed by atoms with Crippen molar-refractivity contribution in [3.8, 4) is 5.75 Å². The molecule has 0 radical (unpaired) electrons. The van der Waals surface area contributed by atoms with Crippen molar-refractivity contribution in [1.82, 2.24) is 4.57 Å². The predicted octanol–water partition coefficient (Wildman–Crippen LogP) is 1.72. The quantitative estimate of drug-likeness (QED) is 0.832. The summed E-state index contributed by atoms with van der Waals surface area (Å²) in [6, 6.07) is 0.955. The molecule has 0 amide bonds. The number of hydrogen-bond acceptors (Lipinski definition) is 5. The number of carboxylic acid groups (broad SMARTS) is 1. The lowest BCUT2D eigenvalue weighted by Crippen LogP contribution is -2.31. The Morgan fingerprint density at radius 1 is 1.44 bits per heavy atom. The first-order valence-electron chi connectivity index (χ1n) is 9.10. The molecule has 2 aromatic rings. The SMILES string of the molecule is C[C@H]1COc2c(N3C[C@@H](N)C4(CC4)C3)c(F)cc3c(=O)c(C(=O)O)cn1c23. The number of ether oxygens (including phenoxy) is 1. The predicted molar refractivity (Wildman–Crippen MR) is 97.2 cm³/mol. The van der Waals surface area contributed by atoms with Gasteiger partial charge in [-0.3, -0.25) is 4.79 Å². The Morgan fingerprint density at radius 3 is 2.81 bits per heavy atom. The molecule has 142 valence electrons. The van der Waals surface area contributed by atoms with Crippen molar-refractivity contribution < 1.29 is 19.0 Å².